The molecule has 3 aromatic carbocycles. The number of fused-ring (bicyclic) bond motifs is 4. The van der Waals surface area contributed by atoms with E-state index in [1.165, 1.54) is 6.07 Å². The Morgan fingerprint density at radius 2 is 1.41 bits per heavy atom. The lowest BCUT2D eigenvalue weighted by Crippen LogP contribution is -2.39. The second-order valence-corrected chi connectivity index (χ2v) is 8.57. The number of benzene rings is 3. The van der Waals surface area contributed by atoms with E-state index in [4.69, 9.17) is 14.2 Å². The predicted molar refractivity (Wildman–Crippen MR) is 127 cm³/mol. The average Bonchev–Trinajstić information content (AvgIpc) is 3.22. The minimum atomic E-state index is -0.829. The van der Waals surface area contributed by atoms with E-state index in [1.807, 2.05) is 54.6 Å². The molecule has 1 fully saturated rings. The van der Waals surface area contributed by atoms with Crippen molar-refractivity contribution in [3.8, 4) is 6.01 Å². The summed E-state index contributed by atoms with van der Waals surface area (Å²) in [6.45, 7) is 0.304. The van der Waals surface area contributed by atoms with Crippen LogP contribution >= 0.6 is 0 Å². The molecule has 0 aliphatic carbocycles. The number of rotatable bonds is 6. The van der Waals surface area contributed by atoms with Crippen LogP contribution in [0.2, 0.25) is 0 Å². The lowest BCUT2D eigenvalue weighted by Gasteiger charge is -2.37. The van der Waals surface area contributed by atoms with Crippen LogP contribution in [0.15, 0.2) is 108 Å². The van der Waals surface area contributed by atoms with Gasteiger partial charge in [0.1, 0.15) is 24.0 Å². The molecule has 1 aromatic heterocycles. The van der Waals surface area contributed by atoms with E-state index in [0.717, 1.165) is 16.7 Å². The predicted octanol–water partition coefficient (Wildman–Crippen LogP) is 4.30. The van der Waals surface area contributed by atoms with E-state index in [1.54, 1.807) is 10.8 Å². The second-order valence-electron chi connectivity index (χ2n) is 8.57. The maximum Gasteiger partial charge on any atom is 0.302 e. The first-order valence-corrected chi connectivity index (χ1v) is 11.5. The van der Waals surface area contributed by atoms with E-state index in [0.29, 0.717) is 19.0 Å². The van der Waals surface area contributed by atoms with Gasteiger partial charge in [-0.1, -0.05) is 91.0 Å². The van der Waals surface area contributed by atoms with Crippen molar-refractivity contribution in [2.75, 3.05) is 6.61 Å². The molecule has 0 N–H and O–H groups in total. The van der Waals surface area contributed by atoms with Crippen molar-refractivity contribution in [2.45, 2.75) is 30.5 Å². The SMILES string of the molecule is O=c1ccn2c(n1)O[C@H]1C[C@H]2O[C@@H]1COC(c1ccccc1)(c1ccccc1)c1ccccc1. The highest BCUT2D eigenvalue weighted by Crippen LogP contribution is 2.43. The highest BCUT2D eigenvalue weighted by molar-refractivity contribution is 5.47. The summed E-state index contributed by atoms with van der Waals surface area (Å²) in [5.41, 5.74) is 1.94. The van der Waals surface area contributed by atoms with E-state index < -0.39 is 5.60 Å². The minimum Gasteiger partial charge on any atom is -0.458 e. The Kier molecular flexibility index (Phi) is 5.24. The van der Waals surface area contributed by atoms with Crippen LogP contribution in [0.3, 0.4) is 0 Å². The standard InChI is InChI=1S/C28H24N2O4/c31-25-16-17-30-26-18-23(34-27(30)29-25)24(33-26)19-32-28(20-10-4-1-5-11-20,21-12-6-2-7-13-21)22-14-8-3-9-15-22/h1-17,23-24,26H,18-19H2/t23-,24+,26+/m0/s1. The topological polar surface area (TPSA) is 62.6 Å². The zero-order chi connectivity index (χ0) is 23.0. The molecule has 2 aliphatic heterocycles. The van der Waals surface area contributed by atoms with E-state index in [-0.39, 0.29) is 24.0 Å². The fraction of sp³-hybridized carbons (Fsp3) is 0.214. The van der Waals surface area contributed by atoms with Crippen molar-refractivity contribution in [3.05, 3.63) is 130 Å². The van der Waals surface area contributed by atoms with Gasteiger partial charge in [0.25, 0.3) is 5.56 Å². The Labute approximate surface area is 197 Å². The number of hydrogen-bond donors (Lipinski definition) is 0. The van der Waals surface area contributed by atoms with Crippen LogP contribution in [0.4, 0.5) is 0 Å². The summed E-state index contributed by atoms with van der Waals surface area (Å²) in [6.07, 6.45) is 1.59. The highest BCUT2D eigenvalue weighted by atomic mass is 16.6. The summed E-state index contributed by atoms with van der Waals surface area (Å²) >= 11 is 0. The lowest BCUT2D eigenvalue weighted by molar-refractivity contribution is -0.0815. The summed E-state index contributed by atoms with van der Waals surface area (Å²) in [5.74, 6) is 0. The third kappa shape index (κ3) is 3.52. The normalized spacial score (nSPS) is 21.0. The number of ether oxygens (including phenoxy) is 3. The summed E-state index contributed by atoms with van der Waals surface area (Å²) in [5, 5.41) is 0. The van der Waals surface area contributed by atoms with Crippen LogP contribution in [0.1, 0.15) is 29.3 Å². The third-order valence-corrected chi connectivity index (χ3v) is 6.56. The first-order chi connectivity index (χ1) is 16.7. The van der Waals surface area contributed by atoms with Crippen molar-refractivity contribution in [2.24, 2.45) is 0 Å². The van der Waals surface area contributed by atoms with Gasteiger partial charge in [0.05, 0.1) is 6.61 Å². The van der Waals surface area contributed by atoms with Crippen LogP contribution in [-0.4, -0.2) is 28.4 Å². The van der Waals surface area contributed by atoms with E-state index >= 15 is 0 Å². The molecule has 0 radical (unpaired) electrons. The molecule has 3 heterocycles. The molecule has 0 amide bonds. The van der Waals surface area contributed by atoms with Gasteiger partial charge in [-0.25, -0.2) is 0 Å². The second kappa shape index (κ2) is 8.56. The molecule has 0 unspecified atom stereocenters. The fourth-order valence-electron chi connectivity index (χ4n) is 4.96. The van der Waals surface area contributed by atoms with Gasteiger partial charge in [0, 0.05) is 18.7 Å². The van der Waals surface area contributed by atoms with Crippen molar-refractivity contribution < 1.29 is 14.2 Å². The highest BCUT2D eigenvalue weighted by Gasteiger charge is 2.45. The summed E-state index contributed by atoms with van der Waals surface area (Å²) in [6, 6.07) is 32.5. The molecule has 4 aromatic rings. The smallest absolute Gasteiger partial charge is 0.302 e. The van der Waals surface area contributed by atoms with Gasteiger partial charge >= 0.3 is 6.01 Å². The summed E-state index contributed by atoms with van der Waals surface area (Å²) < 4.78 is 21.1. The monoisotopic (exact) mass is 452 g/mol. The van der Waals surface area contributed by atoms with Gasteiger partial charge in [-0.3, -0.25) is 9.36 Å². The van der Waals surface area contributed by atoms with E-state index in [9.17, 15) is 4.79 Å². The Hall–Kier alpha value is -3.74. The van der Waals surface area contributed by atoms with Crippen molar-refractivity contribution in [1.82, 2.24) is 9.55 Å². The molecule has 2 aliphatic rings. The number of aromatic nitrogens is 2. The Morgan fingerprint density at radius 1 is 0.853 bits per heavy atom. The molecule has 1 saturated heterocycles. The summed E-state index contributed by atoms with van der Waals surface area (Å²) in [4.78, 5) is 15.7. The van der Waals surface area contributed by atoms with Crippen LogP contribution in [-0.2, 0) is 15.1 Å². The molecule has 170 valence electrons. The third-order valence-electron chi connectivity index (χ3n) is 6.56. The molecule has 2 bridgehead atoms. The van der Waals surface area contributed by atoms with Crippen LogP contribution in [0.5, 0.6) is 6.01 Å². The molecule has 0 spiro atoms. The zero-order valence-electron chi connectivity index (χ0n) is 18.5. The first-order valence-electron chi connectivity index (χ1n) is 11.5. The molecule has 34 heavy (non-hydrogen) atoms. The van der Waals surface area contributed by atoms with Gasteiger partial charge in [-0.2, -0.15) is 4.98 Å². The van der Waals surface area contributed by atoms with Crippen molar-refractivity contribution >= 4 is 0 Å². The largest absolute Gasteiger partial charge is 0.458 e. The number of hydrogen-bond acceptors (Lipinski definition) is 5. The van der Waals surface area contributed by atoms with Gasteiger partial charge in [0.15, 0.2) is 0 Å². The average molecular weight is 453 g/mol. The molecular formula is C28H24N2O4. The maximum atomic E-state index is 11.7. The zero-order valence-corrected chi connectivity index (χ0v) is 18.5. The van der Waals surface area contributed by atoms with Crippen LogP contribution < -0.4 is 10.3 Å². The maximum absolute atomic E-state index is 11.7. The Morgan fingerprint density at radius 3 is 1.97 bits per heavy atom. The first kappa shape index (κ1) is 20.8. The summed E-state index contributed by atoms with van der Waals surface area (Å²) in [7, 11) is 0. The Bertz CT molecular complexity index is 1230. The van der Waals surface area contributed by atoms with Gasteiger partial charge in [0.2, 0.25) is 0 Å². The lowest BCUT2D eigenvalue weighted by atomic mass is 9.80. The Balaban J connectivity index is 1.38. The van der Waals surface area contributed by atoms with Crippen molar-refractivity contribution in [3.63, 3.8) is 0 Å². The quantitative estimate of drug-likeness (QED) is 0.408. The van der Waals surface area contributed by atoms with Crippen LogP contribution in [0.25, 0.3) is 0 Å². The molecule has 6 nitrogen and oxygen atoms in total. The molecule has 3 atom stereocenters. The molecule has 0 saturated carbocycles. The minimum absolute atomic E-state index is 0.227. The fourth-order valence-corrected chi connectivity index (χ4v) is 4.96. The molecule has 6 heteroatoms. The van der Waals surface area contributed by atoms with E-state index in [2.05, 4.69) is 41.4 Å². The van der Waals surface area contributed by atoms with Gasteiger partial charge < -0.3 is 14.2 Å². The van der Waals surface area contributed by atoms with Gasteiger partial charge in [-0.15, -0.1) is 0 Å². The molecular weight excluding hydrogens is 428 g/mol. The van der Waals surface area contributed by atoms with Crippen LogP contribution in [0, 0.1) is 0 Å². The number of nitrogens with zero attached hydrogens (tertiary/aromatic N) is 2. The van der Waals surface area contributed by atoms with Crippen molar-refractivity contribution in [1.29, 1.82) is 0 Å². The molecule has 6 rings (SSSR count). The van der Waals surface area contributed by atoms with Gasteiger partial charge in [-0.05, 0) is 16.7 Å².